The third-order valence-corrected chi connectivity index (χ3v) is 4.85. The molecule has 5 heteroatoms. The van der Waals surface area contributed by atoms with E-state index in [1.807, 2.05) is 0 Å². The number of halogens is 2. The summed E-state index contributed by atoms with van der Waals surface area (Å²) in [5.74, 6) is -0.871. The van der Waals surface area contributed by atoms with E-state index in [-0.39, 0.29) is 5.91 Å². The lowest BCUT2D eigenvalue weighted by Gasteiger charge is -2.29. The molecule has 2 N–H and O–H groups in total. The summed E-state index contributed by atoms with van der Waals surface area (Å²) in [7, 11) is 0. The largest absolute Gasteiger partial charge is 0.349 e. The van der Waals surface area contributed by atoms with Crippen LogP contribution in [-0.2, 0) is 4.79 Å². The summed E-state index contributed by atoms with van der Waals surface area (Å²) < 4.78 is 26.6. The van der Waals surface area contributed by atoms with Gasteiger partial charge < -0.3 is 10.6 Å². The Kier molecular flexibility index (Phi) is 4.43. The zero-order chi connectivity index (χ0) is 15.7. The maximum atomic E-state index is 13.7. The van der Waals surface area contributed by atoms with Crippen molar-refractivity contribution in [2.45, 2.75) is 57.2 Å². The SMILES string of the molecule is CC(NC(=O)CC1CC2CCC(C1)N2)c1ccc(F)cc1F. The maximum Gasteiger partial charge on any atom is 0.220 e. The van der Waals surface area contributed by atoms with Gasteiger partial charge in [-0.25, -0.2) is 8.78 Å². The van der Waals surface area contributed by atoms with Gasteiger partial charge in [-0.3, -0.25) is 4.79 Å². The van der Waals surface area contributed by atoms with E-state index in [0.29, 0.717) is 30.0 Å². The summed E-state index contributed by atoms with van der Waals surface area (Å²) in [5.41, 5.74) is 0.320. The number of hydrogen-bond acceptors (Lipinski definition) is 2. The monoisotopic (exact) mass is 308 g/mol. The molecule has 2 aliphatic rings. The van der Waals surface area contributed by atoms with Gasteiger partial charge >= 0.3 is 0 Å². The van der Waals surface area contributed by atoms with Crippen LogP contribution in [0.2, 0.25) is 0 Å². The van der Waals surface area contributed by atoms with E-state index in [9.17, 15) is 13.6 Å². The molecule has 2 bridgehead atoms. The van der Waals surface area contributed by atoms with Gasteiger partial charge in [0.15, 0.2) is 0 Å². The minimum atomic E-state index is -0.618. The number of benzene rings is 1. The number of fused-ring (bicyclic) bond motifs is 2. The Morgan fingerprint density at radius 1 is 1.32 bits per heavy atom. The smallest absolute Gasteiger partial charge is 0.220 e. The summed E-state index contributed by atoms with van der Waals surface area (Å²) in [6.45, 7) is 1.72. The minimum Gasteiger partial charge on any atom is -0.349 e. The molecule has 0 aliphatic carbocycles. The number of hydrogen-bond donors (Lipinski definition) is 2. The van der Waals surface area contributed by atoms with Crippen LogP contribution in [0.25, 0.3) is 0 Å². The van der Waals surface area contributed by atoms with Crippen LogP contribution in [0.15, 0.2) is 18.2 Å². The molecule has 2 saturated heterocycles. The number of carbonyl (C=O) groups is 1. The Balaban J connectivity index is 1.55. The number of nitrogens with one attached hydrogen (secondary N) is 2. The van der Waals surface area contributed by atoms with Gasteiger partial charge in [-0.2, -0.15) is 0 Å². The quantitative estimate of drug-likeness (QED) is 0.897. The number of amides is 1. The van der Waals surface area contributed by atoms with E-state index in [4.69, 9.17) is 0 Å². The Morgan fingerprint density at radius 3 is 2.64 bits per heavy atom. The van der Waals surface area contributed by atoms with Crippen LogP contribution in [0.3, 0.4) is 0 Å². The molecule has 22 heavy (non-hydrogen) atoms. The summed E-state index contributed by atoms with van der Waals surface area (Å²) >= 11 is 0. The Hall–Kier alpha value is -1.49. The highest BCUT2D eigenvalue weighted by Gasteiger charge is 2.34. The fraction of sp³-hybridized carbons (Fsp3) is 0.588. The fourth-order valence-electron chi connectivity index (χ4n) is 3.83. The first-order valence-corrected chi connectivity index (χ1v) is 8.01. The third-order valence-electron chi connectivity index (χ3n) is 4.85. The maximum absolute atomic E-state index is 13.7. The summed E-state index contributed by atoms with van der Waals surface area (Å²) in [6.07, 6.45) is 4.99. The van der Waals surface area contributed by atoms with Gasteiger partial charge in [0.25, 0.3) is 0 Å². The number of carbonyl (C=O) groups excluding carboxylic acids is 1. The zero-order valence-corrected chi connectivity index (χ0v) is 12.7. The highest BCUT2D eigenvalue weighted by atomic mass is 19.1. The van der Waals surface area contributed by atoms with Gasteiger partial charge in [0.05, 0.1) is 6.04 Å². The van der Waals surface area contributed by atoms with Crippen LogP contribution < -0.4 is 10.6 Å². The van der Waals surface area contributed by atoms with Gasteiger partial charge in [-0.15, -0.1) is 0 Å². The lowest BCUT2D eigenvalue weighted by Crippen LogP contribution is -2.40. The van der Waals surface area contributed by atoms with Gasteiger partial charge in [0, 0.05) is 30.1 Å². The molecule has 1 aromatic carbocycles. The number of rotatable bonds is 4. The highest BCUT2D eigenvalue weighted by Crippen LogP contribution is 2.32. The standard InChI is InChI=1S/C17H22F2N2O/c1-10(15-5-2-12(18)9-16(15)19)20-17(22)8-11-6-13-3-4-14(7-11)21-13/h2,5,9-11,13-14,21H,3-4,6-8H2,1H3,(H,20,22). The average molecular weight is 308 g/mol. The van der Waals surface area contributed by atoms with Gasteiger partial charge in [0.1, 0.15) is 11.6 Å². The molecule has 2 fully saturated rings. The molecular weight excluding hydrogens is 286 g/mol. The first kappa shape index (κ1) is 15.4. The average Bonchev–Trinajstić information content (AvgIpc) is 2.77. The second-order valence-electron chi connectivity index (χ2n) is 6.63. The van der Waals surface area contributed by atoms with Crippen molar-refractivity contribution in [1.29, 1.82) is 0 Å². The van der Waals surface area contributed by atoms with E-state index < -0.39 is 17.7 Å². The van der Waals surface area contributed by atoms with E-state index >= 15 is 0 Å². The predicted molar refractivity (Wildman–Crippen MR) is 80.2 cm³/mol. The molecule has 3 rings (SSSR count). The van der Waals surface area contributed by atoms with Crippen molar-refractivity contribution in [2.24, 2.45) is 5.92 Å². The Morgan fingerprint density at radius 2 is 2.00 bits per heavy atom. The topological polar surface area (TPSA) is 41.1 Å². The first-order valence-electron chi connectivity index (χ1n) is 8.01. The lowest BCUT2D eigenvalue weighted by atomic mass is 9.89. The summed E-state index contributed by atoms with van der Waals surface area (Å²) in [6, 6.07) is 4.12. The molecule has 2 heterocycles. The van der Waals surface area contributed by atoms with Crippen LogP contribution in [0.1, 0.15) is 50.6 Å². The van der Waals surface area contributed by atoms with Crippen molar-refractivity contribution < 1.29 is 13.6 Å². The summed E-state index contributed by atoms with van der Waals surface area (Å²) in [5, 5.41) is 6.39. The van der Waals surface area contributed by atoms with Crippen LogP contribution >= 0.6 is 0 Å². The molecule has 3 atom stereocenters. The van der Waals surface area contributed by atoms with Gasteiger partial charge in [0.2, 0.25) is 5.91 Å². The molecule has 0 aromatic heterocycles. The number of piperidine rings is 1. The van der Waals surface area contributed by atoms with Crippen molar-refractivity contribution in [1.82, 2.24) is 10.6 Å². The van der Waals surface area contributed by atoms with Gasteiger partial charge in [-0.1, -0.05) is 6.07 Å². The molecule has 3 nitrogen and oxygen atoms in total. The van der Waals surface area contributed by atoms with Crippen LogP contribution in [0, 0.1) is 17.6 Å². The van der Waals surface area contributed by atoms with Crippen molar-refractivity contribution in [2.75, 3.05) is 0 Å². The molecule has 2 aliphatic heterocycles. The van der Waals surface area contributed by atoms with E-state index in [0.717, 1.165) is 18.9 Å². The zero-order valence-electron chi connectivity index (χ0n) is 12.7. The molecule has 0 saturated carbocycles. The first-order chi connectivity index (χ1) is 10.5. The van der Waals surface area contributed by atoms with Crippen molar-refractivity contribution >= 4 is 5.91 Å². The predicted octanol–water partition coefficient (Wildman–Crippen LogP) is 3.06. The van der Waals surface area contributed by atoms with Crippen molar-refractivity contribution in [3.05, 3.63) is 35.4 Å². The van der Waals surface area contributed by atoms with E-state index in [2.05, 4.69) is 10.6 Å². The molecular formula is C17H22F2N2O. The molecule has 0 spiro atoms. The Labute approximate surface area is 129 Å². The molecule has 0 radical (unpaired) electrons. The van der Waals surface area contributed by atoms with Crippen LogP contribution in [-0.4, -0.2) is 18.0 Å². The van der Waals surface area contributed by atoms with Gasteiger partial charge in [-0.05, 0) is 44.6 Å². The lowest BCUT2D eigenvalue weighted by molar-refractivity contribution is -0.122. The second kappa shape index (κ2) is 6.32. The Bertz CT molecular complexity index is 552. The molecule has 120 valence electrons. The summed E-state index contributed by atoms with van der Waals surface area (Å²) in [4.78, 5) is 12.2. The molecule has 1 aromatic rings. The van der Waals surface area contributed by atoms with Crippen molar-refractivity contribution in [3.63, 3.8) is 0 Å². The molecule has 1 amide bonds. The minimum absolute atomic E-state index is 0.0532. The second-order valence-corrected chi connectivity index (χ2v) is 6.63. The fourth-order valence-corrected chi connectivity index (χ4v) is 3.83. The van der Waals surface area contributed by atoms with E-state index in [1.165, 1.54) is 25.0 Å². The van der Waals surface area contributed by atoms with Crippen molar-refractivity contribution in [3.8, 4) is 0 Å². The normalized spacial score (nSPS) is 28.4. The highest BCUT2D eigenvalue weighted by molar-refractivity contribution is 5.76. The van der Waals surface area contributed by atoms with Crippen LogP contribution in [0.5, 0.6) is 0 Å². The molecule has 3 unspecified atom stereocenters. The third kappa shape index (κ3) is 3.46. The van der Waals surface area contributed by atoms with Crippen LogP contribution in [0.4, 0.5) is 8.78 Å². The van der Waals surface area contributed by atoms with E-state index in [1.54, 1.807) is 6.92 Å².